The first-order valence-corrected chi connectivity index (χ1v) is 13.0. The molecular weight excluding hydrogens is 496 g/mol. The number of alkyl halides is 2. The Balaban J connectivity index is 1.82. The van der Waals surface area contributed by atoms with Crippen LogP contribution in [0.2, 0.25) is 0 Å². The molecule has 0 bridgehead atoms. The van der Waals surface area contributed by atoms with Crippen LogP contribution in [-0.2, 0) is 20.1 Å². The van der Waals surface area contributed by atoms with Crippen molar-refractivity contribution in [3.05, 3.63) is 36.0 Å². The van der Waals surface area contributed by atoms with Gasteiger partial charge in [-0.05, 0) is 64.3 Å². The van der Waals surface area contributed by atoms with Gasteiger partial charge in [0, 0.05) is 25.0 Å². The molecule has 3 rings (SSSR count). The molecular formula is C23H31F2N5O5S. The molecule has 1 aromatic heterocycles. The van der Waals surface area contributed by atoms with E-state index < -0.39 is 37.5 Å². The second kappa shape index (κ2) is 10.0. The summed E-state index contributed by atoms with van der Waals surface area (Å²) in [5, 5.41) is 7.47. The average Bonchev–Trinajstić information content (AvgIpc) is 3.23. The maximum absolute atomic E-state index is 12.8. The number of halogens is 2. The molecule has 36 heavy (non-hydrogen) atoms. The second-order valence-corrected chi connectivity index (χ2v) is 11.6. The van der Waals surface area contributed by atoms with Gasteiger partial charge in [-0.25, -0.2) is 13.2 Å². The lowest BCUT2D eigenvalue weighted by atomic mass is 9.85. The molecule has 1 aliphatic rings. The summed E-state index contributed by atoms with van der Waals surface area (Å²) in [4.78, 5) is 25.7. The van der Waals surface area contributed by atoms with Crippen molar-refractivity contribution in [3.8, 4) is 0 Å². The number of sulfone groups is 1. The largest absolute Gasteiger partial charge is 0.444 e. The summed E-state index contributed by atoms with van der Waals surface area (Å²) in [7, 11) is -4.72. The molecule has 1 fully saturated rings. The topological polar surface area (TPSA) is 137 Å². The van der Waals surface area contributed by atoms with E-state index in [-0.39, 0.29) is 17.5 Å². The van der Waals surface area contributed by atoms with Gasteiger partial charge in [0.05, 0.1) is 10.4 Å². The van der Waals surface area contributed by atoms with Gasteiger partial charge in [0.2, 0.25) is 9.84 Å². The number of likely N-dealkylation sites (tertiary alicyclic amines) is 1. The molecule has 0 radical (unpaired) electrons. The zero-order valence-electron chi connectivity index (χ0n) is 20.6. The van der Waals surface area contributed by atoms with Gasteiger partial charge in [-0.3, -0.25) is 9.48 Å². The Morgan fingerprint density at radius 3 is 2.25 bits per heavy atom. The van der Waals surface area contributed by atoms with Crippen LogP contribution in [0.5, 0.6) is 0 Å². The molecule has 1 saturated heterocycles. The van der Waals surface area contributed by atoms with E-state index in [1.807, 2.05) is 6.92 Å². The van der Waals surface area contributed by atoms with Gasteiger partial charge in [0.25, 0.3) is 5.91 Å². The molecule has 0 unspecified atom stereocenters. The standard InChI is InChI=1S/C23H31F2N5O5S/c1-5-23(10-12-29(13-11-23)21(32)35-22(2,3)4)30-14-17(18(26)31)19(28-30)27-15-6-8-16(9-7-15)36(33,34)20(24)25/h6-9,14,20H,5,10-13H2,1-4H3,(H2,26,31)(H,27,28). The fourth-order valence-corrected chi connectivity index (χ4v) is 4.75. The number of anilines is 2. The molecule has 2 heterocycles. The van der Waals surface area contributed by atoms with Crippen molar-refractivity contribution >= 4 is 33.3 Å². The first-order chi connectivity index (χ1) is 16.7. The van der Waals surface area contributed by atoms with E-state index in [0.29, 0.717) is 38.0 Å². The Labute approximate surface area is 208 Å². The van der Waals surface area contributed by atoms with Gasteiger partial charge >= 0.3 is 11.9 Å². The molecule has 1 aromatic carbocycles. The van der Waals surface area contributed by atoms with Crippen LogP contribution in [0.25, 0.3) is 0 Å². The van der Waals surface area contributed by atoms with Gasteiger partial charge < -0.3 is 20.7 Å². The lowest BCUT2D eigenvalue weighted by Crippen LogP contribution is -2.49. The molecule has 0 atom stereocenters. The highest BCUT2D eigenvalue weighted by Crippen LogP contribution is 2.35. The quantitative estimate of drug-likeness (QED) is 0.558. The van der Waals surface area contributed by atoms with Crippen LogP contribution in [0, 0.1) is 0 Å². The van der Waals surface area contributed by atoms with Crippen molar-refractivity contribution in [1.82, 2.24) is 14.7 Å². The maximum Gasteiger partial charge on any atom is 0.410 e. The summed E-state index contributed by atoms with van der Waals surface area (Å²) < 4.78 is 56.0. The molecule has 1 aliphatic heterocycles. The van der Waals surface area contributed by atoms with E-state index in [9.17, 15) is 26.8 Å². The summed E-state index contributed by atoms with van der Waals surface area (Å²) >= 11 is 0. The zero-order chi connectivity index (χ0) is 26.9. The Morgan fingerprint density at radius 2 is 1.78 bits per heavy atom. The third kappa shape index (κ3) is 5.77. The summed E-state index contributed by atoms with van der Waals surface area (Å²) in [6.07, 6.45) is 2.98. The van der Waals surface area contributed by atoms with E-state index >= 15 is 0 Å². The van der Waals surface area contributed by atoms with Crippen LogP contribution in [0.4, 0.5) is 25.1 Å². The molecule has 198 valence electrons. The predicted octanol–water partition coefficient (Wildman–Crippen LogP) is 3.86. The number of carbonyl (C=O) groups excluding carboxylic acids is 2. The lowest BCUT2D eigenvalue weighted by molar-refractivity contribution is 0.00954. The number of carbonyl (C=O) groups is 2. The highest BCUT2D eigenvalue weighted by Gasteiger charge is 2.39. The highest BCUT2D eigenvalue weighted by atomic mass is 32.2. The number of hydrogen-bond acceptors (Lipinski definition) is 7. The van der Waals surface area contributed by atoms with Crippen LogP contribution in [-0.4, -0.2) is 59.5 Å². The van der Waals surface area contributed by atoms with E-state index in [4.69, 9.17) is 10.5 Å². The number of hydrogen-bond donors (Lipinski definition) is 2. The molecule has 0 aliphatic carbocycles. The number of rotatable bonds is 7. The van der Waals surface area contributed by atoms with Crippen molar-refractivity contribution in [2.45, 2.75) is 68.8 Å². The van der Waals surface area contributed by atoms with E-state index in [1.54, 1.807) is 36.5 Å². The van der Waals surface area contributed by atoms with Crippen molar-refractivity contribution in [3.63, 3.8) is 0 Å². The third-order valence-corrected chi connectivity index (χ3v) is 7.55. The Kier molecular flexibility index (Phi) is 7.63. The van der Waals surface area contributed by atoms with Crippen LogP contribution in [0.1, 0.15) is 57.3 Å². The van der Waals surface area contributed by atoms with Crippen molar-refractivity contribution in [1.29, 1.82) is 0 Å². The van der Waals surface area contributed by atoms with Gasteiger partial charge in [-0.15, -0.1) is 0 Å². The smallest absolute Gasteiger partial charge is 0.410 e. The summed E-state index contributed by atoms with van der Waals surface area (Å²) in [5.41, 5.74) is 4.94. The molecule has 3 N–H and O–H groups in total. The number of nitrogens with zero attached hydrogens (tertiary/aromatic N) is 3. The van der Waals surface area contributed by atoms with Crippen LogP contribution in [0.3, 0.4) is 0 Å². The first-order valence-electron chi connectivity index (χ1n) is 11.5. The van der Waals surface area contributed by atoms with E-state index in [1.165, 1.54) is 12.1 Å². The number of primary amides is 1. The number of nitrogens with one attached hydrogen (secondary N) is 1. The second-order valence-electron chi connectivity index (χ2n) is 9.70. The third-order valence-electron chi connectivity index (χ3n) is 6.15. The predicted molar refractivity (Wildman–Crippen MR) is 129 cm³/mol. The monoisotopic (exact) mass is 527 g/mol. The Bertz CT molecular complexity index is 1210. The van der Waals surface area contributed by atoms with Crippen molar-refractivity contribution in [2.75, 3.05) is 18.4 Å². The number of amides is 2. The van der Waals surface area contributed by atoms with Gasteiger partial charge in [0.1, 0.15) is 11.2 Å². The number of piperidine rings is 1. The molecule has 2 amide bonds. The number of ether oxygens (including phenoxy) is 1. The molecule has 0 spiro atoms. The van der Waals surface area contributed by atoms with Gasteiger partial charge in [-0.1, -0.05) is 6.92 Å². The van der Waals surface area contributed by atoms with E-state index in [0.717, 1.165) is 12.1 Å². The number of aromatic nitrogens is 2. The molecule has 0 saturated carbocycles. The van der Waals surface area contributed by atoms with E-state index in [2.05, 4.69) is 10.4 Å². The van der Waals surface area contributed by atoms with Gasteiger partial charge in [-0.2, -0.15) is 13.9 Å². The highest BCUT2D eigenvalue weighted by molar-refractivity contribution is 7.91. The SMILES string of the molecule is CCC1(n2cc(C(N)=O)c(Nc3ccc(S(=O)(=O)C(F)F)cc3)n2)CCN(C(=O)OC(C)(C)C)CC1. The Hall–Kier alpha value is -3.22. The molecule has 2 aromatic rings. The Morgan fingerprint density at radius 1 is 1.19 bits per heavy atom. The minimum atomic E-state index is -4.72. The lowest BCUT2D eigenvalue weighted by Gasteiger charge is -2.41. The van der Waals surface area contributed by atoms with Crippen LogP contribution >= 0.6 is 0 Å². The maximum atomic E-state index is 12.8. The van der Waals surface area contributed by atoms with Crippen LogP contribution < -0.4 is 11.1 Å². The van der Waals surface area contributed by atoms with Crippen LogP contribution in [0.15, 0.2) is 35.4 Å². The number of nitrogens with two attached hydrogens (primary N) is 1. The normalized spacial score (nSPS) is 16.1. The van der Waals surface area contributed by atoms with Gasteiger partial charge in [0.15, 0.2) is 5.82 Å². The fraction of sp³-hybridized carbons (Fsp3) is 0.522. The van der Waals surface area contributed by atoms with Crippen molar-refractivity contribution in [2.24, 2.45) is 5.73 Å². The summed E-state index contributed by atoms with van der Waals surface area (Å²) in [6, 6.07) is 4.69. The first kappa shape index (κ1) is 27.4. The average molecular weight is 528 g/mol. The summed E-state index contributed by atoms with van der Waals surface area (Å²) in [5.74, 6) is -4.10. The fourth-order valence-electron chi connectivity index (χ4n) is 4.03. The minimum absolute atomic E-state index is 0.113. The van der Waals surface area contributed by atoms with Crippen molar-refractivity contribution < 1.29 is 31.5 Å². The molecule has 10 nitrogen and oxygen atoms in total. The molecule has 13 heteroatoms. The number of benzene rings is 1. The zero-order valence-corrected chi connectivity index (χ0v) is 21.4. The minimum Gasteiger partial charge on any atom is -0.444 e. The summed E-state index contributed by atoms with van der Waals surface area (Å²) in [6.45, 7) is 8.29.